The van der Waals surface area contributed by atoms with Crippen molar-refractivity contribution in [3.63, 3.8) is 0 Å². The molecule has 0 spiro atoms. The van der Waals surface area contributed by atoms with Crippen LogP contribution >= 0.6 is 0 Å². The average molecular weight is 360 g/mol. The Morgan fingerprint density at radius 3 is 2.38 bits per heavy atom. The van der Waals surface area contributed by atoms with Gasteiger partial charge in [0, 0.05) is 26.7 Å². The van der Waals surface area contributed by atoms with Crippen molar-refractivity contribution in [3.05, 3.63) is 12.2 Å². The Kier molecular flexibility index (Phi) is 4.50. The van der Waals surface area contributed by atoms with Crippen LogP contribution in [0.15, 0.2) is 17.1 Å². The Morgan fingerprint density at radius 2 is 1.81 bits per heavy atom. The average Bonchev–Trinajstić information content (AvgIpc) is 3.39. The number of fused-ring (bicyclic) bond motifs is 5. The third-order valence-corrected chi connectivity index (χ3v) is 6.53. The molecular weight excluding hydrogens is 332 g/mol. The highest BCUT2D eigenvalue weighted by Crippen LogP contribution is 2.52. The van der Waals surface area contributed by atoms with Gasteiger partial charge in [0.05, 0.1) is 17.4 Å². The lowest BCUT2D eigenvalue weighted by Gasteiger charge is -2.24. The topological polar surface area (TPSA) is 94.0 Å². The van der Waals surface area contributed by atoms with Crippen LogP contribution in [0, 0.1) is 23.7 Å². The summed E-state index contributed by atoms with van der Waals surface area (Å²) in [4.78, 5) is 30.9. The minimum Gasteiger partial charge on any atom is -0.388 e. The van der Waals surface area contributed by atoms with Crippen LogP contribution in [0.25, 0.3) is 0 Å². The molecule has 4 aliphatic rings. The summed E-state index contributed by atoms with van der Waals surface area (Å²) in [6.07, 6.45) is 8.92. The number of aliphatic imine (C=N–C) groups is 1. The fraction of sp³-hybridized carbons (Fsp3) is 0.737. The molecule has 2 amide bonds. The van der Waals surface area contributed by atoms with Crippen molar-refractivity contribution in [2.75, 3.05) is 26.7 Å². The number of rotatable bonds is 5. The number of guanidine groups is 1. The van der Waals surface area contributed by atoms with Crippen LogP contribution < -0.4 is 10.6 Å². The number of carbonyl (C=O) groups is 2. The Balaban J connectivity index is 1.26. The van der Waals surface area contributed by atoms with E-state index in [-0.39, 0.29) is 35.5 Å². The van der Waals surface area contributed by atoms with Gasteiger partial charge in [-0.15, -0.1) is 0 Å². The molecule has 2 saturated carbocycles. The molecule has 0 aromatic rings. The van der Waals surface area contributed by atoms with E-state index in [1.807, 2.05) is 0 Å². The normalized spacial score (nSPS) is 34.7. The summed E-state index contributed by atoms with van der Waals surface area (Å²) in [6.45, 7) is 1.28. The van der Waals surface area contributed by atoms with E-state index < -0.39 is 5.60 Å². The maximum Gasteiger partial charge on any atom is 0.233 e. The molecule has 1 heterocycles. The quantitative estimate of drug-likeness (QED) is 0.283. The maximum atomic E-state index is 12.6. The molecule has 4 unspecified atom stereocenters. The lowest BCUT2D eigenvalue weighted by molar-refractivity contribution is -0.140. The van der Waals surface area contributed by atoms with Crippen LogP contribution in [0.2, 0.25) is 0 Å². The standard InChI is InChI=1S/C19H28N4O3/c1-20-18(22-11-19(26)6-2-3-7-19)21-8-9-23-16(24)14-12-4-5-13(10-12)15(14)17(23)25/h4-5,12-15,26H,2-3,6-11H2,1H3,(H2,20,21,22). The first kappa shape index (κ1) is 17.5. The largest absolute Gasteiger partial charge is 0.388 e. The third kappa shape index (κ3) is 2.92. The first-order valence-corrected chi connectivity index (χ1v) is 9.73. The Bertz CT molecular complexity index is 623. The predicted octanol–water partition coefficient (Wildman–Crippen LogP) is 0.264. The van der Waals surface area contributed by atoms with Gasteiger partial charge in [-0.2, -0.15) is 0 Å². The maximum absolute atomic E-state index is 12.6. The lowest BCUT2D eigenvalue weighted by Crippen LogP contribution is -2.48. The zero-order valence-electron chi connectivity index (χ0n) is 15.3. The minimum atomic E-state index is -0.651. The zero-order chi connectivity index (χ0) is 18.3. The van der Waals surface area contributed by atoms with Gasteiger partial charge in [-0.05, 0) is 31.1 Å². The van der Waals surface area contributed by atoms with E-state index >= 15 is 0 Å². The van der Waals surface area contributed by atoms with Crippen LogP contribution in [0.1, 0.15) is 32.1 Å². The number of allylic oxidation sites excluding steroid dienone is 2. The summed E-state index contributed by atoms with van der Waals surface area (Å²) in [7, 11) is 1.67. The molecule has 3 N–H and O–H groups in total. The van der Waals surface area contributed by atoms with Crippen molar-refractivity contribution in [3.8, 4) is 0 Å². The number of amides is 2. The molecule has 0 aromatic heterocycles. The van der Waals surface area contributed by atoms with E-state index in [2.05, 4.69) is 27.8 Å². The van der Waals surface area contributed by atoms with Crippen molar-refractivity contribution >= 4 is 17.8 Å². The van der Waals surface area contributed by atoms with E-state index in [1.165, 1.54) is 4.90 Å². The van der Waals surface area contributed by atoms with Gasteiger partial charge in [0.1, 0.15) is 0 Å². The van der Waals surface area contributed by atoms with Gasteiger partial charge in [0.2, 0.25) is 11.8 Å². The Labute approximate surface area is 153 Å². The van der Waals surface area contributed by atoms with E-state index in [0.29, 0.717) is 25.6 Å². The predicted molar refractivity (Wildman–Crippen MR) is 97.2 cm³/mol. The summed E-state index contributed by atoms with van der Waals surface area (Å²) in [6, 6.07) is 0. The van der Waals surface area contributed by atoms with E-state index in [0.717, 1.165) is 32.1 Å². The van der Waals surface area contributed by atoms with E-state index in [1.54, 1.807) is 7.05 Å². The SMILES string of the molecule is CN=C(NCCN1C(=O)C2C3C=CC(C3)C2C1=O)NCC1(O)CCCC1. The molecule has 1 aliphatic heterocycles. The van der Waals surface area contributed by atoms with Crippen molar-refractivity contribution < 1.29 is 14.7 Å². The zero-order valence-corrected chi connectivity index (χ0v) is 15.3. The fourth-order valence-corrected chi connectivity index (χ4v) is 5.15. The van der Waals surface area contributed by atoms with E-state index in [4.69, 9.17) is 0 Å². The molecule has 0 radical (unpaired) electrons. The minimum absolute atomic E-state index is 0.0122. The van der Waals surface area contributed by atoms with E-state index in [9.17, 15) is 14.7 Å². The van der Waals surface area contributed by atoms with Gasteiger partial charge >= 0.3 is 0 Å². The van der Waals surface area contributed by atoms with Gasteiger partial charge < -0.3 is 15.7 Å². The molecule has 7 heteroatoms. The molecular formula is C19H28N4O3. The molecule has 2 bridgehead atoms. The summed E-state index contributed by atoms with van der Waals surface area (Å²) >= 11 is 0. The summed E-state index contributed by atoms with van der Waals surface area (Å²) in [5, 5.41) is 16.7. The molecule has 3 aliphatic carbocycles. The fourth-order valence-electron chi connectivity index (χ4n) is 5.15. The number of nitrogens with one attached hydrogen (secondary N) is 2. The monoisotopic (exact) mass is 360 g/mol. The number of carbonyl (C=O) groups excluding carboxylic acids is 2. The Morgan fingerprint density at radius 1 is 1.19 bits per heavy atom. The smallest absolute Gasteiger partial charge is 0.233 e. The molecule has 4 atom stereocenters. The second-order valence-electron chi connectivity index (χ2n) is 8.11. The van der Waals surface area contributed by atoms with Crippen LogP contribution in [0.4, 0.5) is 0 Å². The van der Waals surface area contributed by atoms with Crippen molar-refractivity contribution in [2.24, 2.45) is 28.7 Å². The number of hydrogen-bond acceptors (Lipinski definition) is 4. The highest BCUT2D eigenvalue weighted by atomic mass is 16.3. The molecule has 26 heavy (non-hydrogen) atoms. The number of nitrogens with zero attached hydrogens (tertiary/aromatic N) is 2. The van der Waals surface area contributed by atoms with Crippen molar-refractivity contribution in [1.29, 1.82) is 0 Å². The van der Waals surface area contributed by atoms with Gasteiger partial charge in [-0.25, -0.2) is 0 Å². The highest BCUT2D eigenvalue weighted by molar-refractivity contribution is 6.06. The Hall–Kier alpha value is -1.89. The summed E-state index contributed by atoms with van der Waals surface area (Å²) in [5.41, 5.74) is -0.651. The van der Waals surface area contributed by atoms with Crippen LogP contribution in [-0.2, 0) is 9.59 Å². The van der Waals surface area contributed by atoms with Gasteiger partial charge in [-0.1, -0.05) is 25.0 Å². The van der Waals surface area contributed by atoms with Crippen LogP contribution in [0.5, 0.6) is 0 Å². The van der Waals surface area contributed by atoms with Gasteiger partial charge in [0.25, 0.3) is 0 Å². The summed E-state index contributed by atoms with van der Waals surface area (Å²) < 4.78 is 0. The highest BCUT2D eigenvalue weighted by Gasteiger charge is 2.58. The molecule has 142 valence electrons. The number of imide groups is 1. The van der Waals surface area contributed by atoms with Crippen molar-refractivity contribution in [1.82, 2.24) is 15.5 Å². The van der Waals surface area contributed by atoms with Gasteiger partial charge in [0.15, 0.2) is 5.96 Å². The van der Waals surface area contributed by atoms with Crippen molar-refractivity contribution in [2.45, 2.75) is 37.7 Å². The molecule has 4 rings (SSSR count). The molecule has 0 aromatic carbocycles. The third-order valence-electron chi connectivity index (χ3n) is 6.53. The first-order chi connectivity index (χ1) is 12.5. The number of hydrogen-bond donors (Lipinski definition) is 3. The second-order valence-corrected chi connectivity index (χ2v) is 8.11. The molecule has 7 nitrogen and oxygen atoms in total. The number of aliphatic hydroxyl groups is 1. The number of likely N-dealkylation sites (tertiary alicyclic amines) is 1. The molecule has 1 saturated heterocycles. The van der Waals surface area contributed by atoms with Crippen LogP contribution in [0.3, 0.4) is 0 Å². The summed E-state index contributed by atoms with van der Waals surface area (Å²) in [5.74, 6) is 0.801. The first-order valence-electron chi connectivity index (χ1n) is 9.73. The van der Waals surface area contributed by atoms with Crippen LogP contribution in [-0.4, -0.2) is 60.1 Å². The van der Waals surface area contributed by atoms with Gasteiger partial charge in [-0.3, -0.25) is 19.5 Å². The lowest BCUT2D eigenvalue weighted by atomic mass is 9.85. The molecule has 3 fully saturated rings. The second kappa shape index (κ2) is 6.68.